The summed E-state index contributed by atoms with van der Waals surface area (Å²) >= 11 is 5.32. The summed E-state index contributed by atoms with van der Waals surface area (Å²) in [5, 5.41) is 3.06. The highest BCUT2D eigenvalue weighted by atomic mass is 79.9. The lowest BCUT2D eigenvalue weighted by atomic mass is 9.95. The van der Waals surface area contributed by atoms with E-state index in [4.69, 9.17) is 0 Å². The van der Waals surface area contributed by atoms with E-state index in [1.54, 1.807) is 11.3 Å². The van der Waals surface area contributed by atoms with E-state index in [1.807, 2.05) is 0 Å². The molecule has 2 rings (SSSR count). The molecule has 1 aliphatic heterocycles. The third-order valence-electron chi connectivity index (χ3n) is 2.82. The van der Waals surface area contributed by atoms with Crippen molar-refractivity contribution in [1.29, 1.82) is 0 Å². The molecule has 1 amide bonds. The van der Waals surface area contributed by atoms with Crippen molar-refractivity contribution in [3.05, 3.63) is 20.3 Å². The molecule has 0 aliphatic carbocycles. The Morgan fingerprint density at radius 3 is 2.87 bits per heavy atom. The van der Waals surface area contributed by atoms with E-state index in [-0.39, 0.29) is 11.4 Å². The minimum atomic E-state index is -0.0339. The smallest absolute Gasteiger partial charge is 0.220 e. The molecule has 1 N–H and O–H groups in total. The average molecular weight is 288 g/mol. The molecule has 1 saturated heterocycles. The number of amides is 1. The third-order valence-corrected chi connectivity index (χ3v) is 4.95. The SMILES string of the molecule is Cc1sc(CC2(C)CCC(=O)N2)cc1Br. The molecule has 4 heteroatoms. The molecule has 1 aromatic rings. The molecule has 1 atom stereocenters. The second-order valence-electron chi connectivity index (χ2n) is 4.40. The molecule has 0 spiro atoms. The zero-order valence-corrected chi connectivity index (χ0v) is 11.3. The van der Waals surface area contributed by atoms with Crippen molar-refractivity contribution < 1.29 is 4.79 Å². The van der Waals surface area contributed by atoms with Crippen molar-refractivity contribution >= 4 is 33.2 Å². The summed E-state index contributed by atoms with van der Waals surface area (Å²) in [5.41, 5.74) is -0.0339. The standard InChI is InChI=1S/C11H14BrNOS/c1-7-9(12)5-8(15-7)6-11(2)4-3-10(14)13-11/h5H,3-4,6H2,1-2H3,(H,13,14). The van der Waals surface area contributed by atoms with E-state index in [9.17, 15) is 4.79 Å². The van der Waals surface area contributed by atoms with Crippen LogP contribution in [0.4, 0.5) is 0 Å². The molecule has 0 radical (unpaired) electrons. The van der Waals surface area contributed by atoms with Gasteiger partial charge in [0.05, 0.1) is 0 Å². The molecule has 1 aromatic heterocycles. The van der Waals surface area contributed by atoms with Gasteiger partial charge in [0, 0.05) is 32.6 Å². The fourth-order valence-electron chi connectivity index (χ4n) is 1.97. The Labute approximate surface area is 102 Å². The van der Waals surface area contributed by atoms with Gasteiger partial charge in [0.25, 0.3) is 0 Å². The molecule has 2 nitrogen and oxygen atoms in total. The first-order valence-corrected chi connectivity index (χ1v) is 6.65. The van der Waals surface area contributed by atoms with Gasteiger partial charge < -0.3 is 5.32 Å². The Morgan fingerprint density at radius 1 is 1.67 bits per heavy atom. The van der Waals surface area contributed by atoms with Crippen LogP contribution in [0.3, 0.4) is 0 Å². The molecule has 1 unspecified atom stereocenters. The number of rotatable bonds is 2. The maximum absolute atomic E-state index is 11.2. The van der Waals surface area contributed by atoms with E-state index in [0.29, 0.717) is 6.42 Å². The number of hydrogen-bond acceptors (Lipinski definition) is 2. The van der Waals surface area contributed by atoms with E-state index in [2.05, 4.69) is 41.2 Å². The lowest BCUT2D eigenvalue weighted by molar-refractivity contribution is -0.119. The molecular weight excluding hydrogens is 274 g/mol. The molecule has 2 heterocycles. The predicted molar refractivity (Wildman–Crippen MR) is 66.2 cm³/mol. The van der Waals surface area contributed by atoms with Crippen LogP contribution >= 0.6 is 27.3 Å². The Hall–Kier alpha value is -0.350. The van der Waals surface area contributed by atoms with Crippen molar-refractivity contribution in [2.75, 3.05) is 0 Å². The van der Waals surface area contributed by atoms with Crippen LogP contribution in [0.2, 0.25) is 0 Å². The van der Waals surface area contributed by atoms with Gasteiger partial charge >= 0.3 is 0 Å². The van der Waals surface area contributed by atoms with Gasteiger partial charge in [-0.1, -0.05) is 0 Å². The van der Waals surface area contributed by atoms with Crippen molar-refractivity contribution in [2.24, 2.45) is 0 Å². The summed E-state index contributed by atoms with van der Waals surface area (Å²) in [6, 6.07) is 2.16. The summed E-state index contributed by atoms with van der Waals surface area (Å²) in [6.45, 7) is 4.23. The predicted octanol–water partition coefficient (Wildman–Crippen LogP) is 3.03. The van der Waals surface area contributed by atoms with Gasteiger partial charge in [0.2, 0.25) is 5.91 Å². The minimum Gasteiger partial charge on any atom is -0.351 e. The summed E-state index contributed by atoms with van der Waals surface area (Å²) in [5.74, 6) is 0.185. The normalized spacial score (nSPS) is 25.7. The second kappa shape index (κ2) is 3.91. The lowest BCUT2D eigenvalue weighted by Crippen LogP contribution is -2.40. The summed E-state index contributed by atoms with van der Waals surface area (Å²) in [6.07, 6.45) is 2.55. The molecule has 15 heavy (non-hydrogen) atoms. The van der Waals surface area contributed by atoms with Crippen LogP contribution in [0.5, 0.6) is 0 Å². The van der Waals surface area contributed by atoms with E-state index >= 15 is 0 Å². The topological polar surface area (TPSA) is 29.1 Å². The largest absolute Gasteiger partial charge is 0.351 e. The van der Waals surface area contributed by atoms with Crippen LogP contribution in [0.25, 0.3) is 0 Å². The lowest BCUT2D eigenvalue weighted by Gasteiger charge is -2.22. The maximum Gasteiger partial charge on any atom is 0.220 e. The number of halogens is 1. The molecule has 0 bridgehead atoms. The Morgan fingerprint density at radius 2 is 2.40 bits per heavy atom. The number of thiophene rings is 1. The number of carbonyl (C=O) groups is 1. The van der Waals surface area contributed by atoms with Crippen LogP contribution in [-0.2, 0) is 11.2 Å². The fraction of sp³-hybridized carbons (Fsp3) is 0.545. The number of aryl methyl sites for hydroxylation is 1. The maximum atomic E-state index is 11.2. The summed E-state index contributed by atoms with van der Waals surface area (Å²) < 4.78 is 1.18. The molecule has 1 fully saturated rings. The fourth-order valence-corrected chi connectivity index (χ4v) is 3.76. The van der Waals surface area contributed by atoms with Crippen molar-refractivity contribution in [1.82, 2.24) is 5.32 Å². The quantitative estimate of drug-likeness (QED) is 0.890. The molecular formula is C11H14BrNOS. The number of nitrogens with one attached hydrogen (secondary N) is 1. The Kier molecular flexibility index (Phi) is 2.90. The Balaban J connectivity index is 2.11. The third kappa shape index (κ3) is 2.42. The van der Waals surface area contributed by atoms with E-state index in [0.717, 1.165) is 12.8 Å². The number of hydrogen-bond donors (Lipinski definition) is 1. The zero-order valence-electron chi connectivity index (χ0n) is 8.89. The molecule has 0 saturated carbocycles. The average Bonchev–Trinajstić information content (AvgIpc) is 2.58. The van der Waals surface area contributed by atoms with Crippen molar-refractivity contribution in [3.8, 4) is 0 Å². The van der Waals surface area contributed by atoms with Gasteiger partial charge in [-0.2, -0.15) is 0 Å². The zero-order chi connectivity index (χ0) is 11.1. The minimum absolute atomic E-state index is 0.0339. The highest BCUT2D eigenvalue weighted by molar-refractivity contribution is 9.10. The highest BCUT2D eigenvalue weighted by Crippen LogP contribution is 2.31. The van der Waals surface area contributed by atoms with Crippen LogP contribution in [0.15, 0.2) is 10.5 Å². The van der Waals surface area contributed by atoms with Crippen molar-refractivity contribution in [3.63, 3.8) is 0 Å². The van der Waals surface area contributed by atoms with Crippen molar-refractivity contribution in [2.45, 2.75) is 38.6 Å². The second-order valence-corrected chi connectivity index (χ2v) is 6.60. The molecule has 1 aliphatic rings. The van der Waals surface area contributed by atoms with Crippen LogP contribution in [-0.4, -0.2) is 11.4 Å². The van der Waals surface area contributed by atoms with Gasteiger partial charge in [-0.15, -0.1) is 11.3 Å². The van der Waals surface area contributed by atoms with Gasteiger partial charge in [0.15, 0.2) is 0 Å². The van der Waals surface area contributed by atoms with Gasteiger partial charge in [-0.25, -0.2) is 0 Å². The molecule has 0 aromatic carbocycles. The summed E-state index contributed by atoms with van der Waals surface area (Å²) in [4.78, 5) is 13.8. The first kappa shape index (κ1) is 11.1. The Bertz CT molecular complexity index is 382. The monoisotopic (exact) mass is 287 g/mol. The van der Waals surface area contributed by atoms with Gasteiger partial charge in [0.1, 0.15) is 0 Å². The van der Waals surface area contributed by atoms with Crippen LogP contribution in [0, 0.1) is 6.92 Å². The van der Waals surface area contributed by atoms with E-state index in [1.165, 1.54) is 14.2 Å². The first-order chi connectivity index (χ1) is 6.98. The number of carbonyl (C=O) groups excluding carboxylic acids is 1. The first-order valence-electron chi connectivity index (χ1n) is 5.04. The van der Waals surface area contributed by atoms with Crippen LogP contribution < -0.4 is 5.32 Å². The van der Waals surface area contributed by atoms with Crippen LogP contribution in [0.1, 0.15) is 29.5 Å². The van der Waals surface area contributed by atoms with E-state index < -0.39 is 0 Å². The molecule has 82 valence electrons. The summed E-state index contributed by atoms with van der Waals surface area (Å²) in [7, 11) is 0. The van der Waals surface area contributed by atoms with Gasteiger partial charge in [-0.05, 0) is 42.3 Å². The highest BCUT2D eigenvalue weighted by Gasteiger charge is 2.33. The van der Waals surface area contributed by atoms with Gasteiger partial charge in [-0.3, -0.25) is 4.79 Å².